The van der Waals surface area contributed by atoms with Gasteiger partial charge in [-0.25, -0.2) is 0 Å². The molecular formula is C22H47NO2Si. The molecule has 0 aromatic carbocycles. The molecule has 0 fully saturated rings. The number of rotatable bonds is 19. The molecule has 0 radical (unpaired) electrons. The molecule has 1 N–H and O–H groups in total. The summed E-state index contributed by atoms with van der Waals surface area (Å²) in [6, 6.07) is 1.11. The Kier molecular flexibility index (Phi) is 17.8. The van der Waals surface area contributed by atoms with Crippen molar-refractivity contribution in [2.24, 2.45) is 0 Å². The van der Waals surface area contributed by atoms with Gasteiger partial charge in [0.05, 0.1) is 0 Å². The molecule has 26 heavy (non-hydrogen) atoms. The molecule has 0 aliphatic heterocycles. The van der Waals surface area contributed by atoms with E-state index in [2.05, 4.69) is 25.3 Å². The van der Waals surface area contributed by atoms with Gasteiger partial charge in [0, 0.05) is 20.1 Å². The Hall–Kier alpha value is -0.353. The van der Waals surface area contributed by atoms with Crippen molar-refractivity contribution in [3.05, 3.63) is 0 Å². The molecule has 0 atom stereocenters. The highest BCUT2D eigenvalue weighted by Crippen LogP contribution is 2.13. The molecule has 0 spiro atoms. The zero-order chi connectivity index (χ0) is 19.5. The lowest BCUT2D eigenvalue weighted by molar-refractivity contribution is -0.121. The first-order valence-corrected chi connectivity index (χ1v) is 14.4. The third-order valence-electron chi connectivity index (χ3n) is 5.34. The normalized spacial score (nSPS) is 11.7. The lowest BCUT2D eigenvalue weighted by Gasteiger charge is -2.19. The molecule has 0 aromatic heterocycles. The quantitative estimate of drug-likeness (QED) is 0.195. The van der Waals surface area contributed by atoms with Crippen LogP contribution in [0.25, 0.3) is 0 Å². The molecule has 3 nitrogen and oxygen atoms in total. The van der Waals surface area contributed by atoms with E-state index in [0.29, 0.717) is 6.42 Å². The number of nitrogens with one attached hydrogen (secondary N) is 1. The van der Waals surface area contributed by atoms with Gasteiger partial charge in [-0.3, -0.25) is 4.79 Å². The third kappa shape index (κ3) is 18.4. The van der Waals surface area contributed by atoms with Gasteiger partial charge in [-0.2, -0.15) is 0 Å². The van der Waals surface area contributed by atoms with Crippen molar-refractivity contribution in [1.82, 2.24) is 5.32 Å². The van der Waals surface area contributed by atoms with E-state index in [9.17, 15) is 4.79 Å². The second-order valence-electron chi connectivity index (χ2n) is 8.41. The zero-order valence-corrected chi connectivity index (χ0v) is 19.3. The largest absolute Gasteiger partial charge is 0.420 e. The minimum Gasteiger partial charge on any atom is -0.420 e. The molecule has 1 amide bonds. The van der Waals surface area contributed by atoms with Gasteiger partial charge < -0.3 is 9.74 Å². The van der Waals surface area contributed by atoms with Gasteiger partial charge in [-0.1, -0.05) is 84.0 Å². The highest BCUT2D eigenvalue weighted by Gasteiger charge is 2.19. The average Bonchev–Trinajstić information content (AvgIpc) is 2.62. The molecule has 0 heterocycles. The molecule has 0 aliphatic rings. The highest BCUT2D eigenvalue weighted by molar-refractivity contribution is 6.71. The van der Waals surface area contributed by atoms with Crippen LogP contribution in [-0.4, -0.2) is 27.9 Å². The molecule has 0 saturated carbocycles. The predicted molar refractivity (Wildman–Crippen MR) is 117 cm³/mol. The molecule has 156 valence electrons. The van der Waals surface area contributed by atoms with Gasteiger partial charge in [0.2, 0.25) is 5.91 Å². The van der Waals surface area contributed by atoms with E-state index in [-0.39, 0.29) is 5.91 Å². The second kappa shape index (κ2) is 18.0. The van der Waals surface area contributed by atoms with E-state index in [1.807, 2.05) is 0 Å². The first kappa shape index (κ1) is 25.6. The topological polar surface area (TPSA) is 38.3 Å². The fraction of sp³-hybridized carbons (Fsp3) is 0.955. The Morgan fingerprint density at radius 3 is 1.69 bits per heavy atom. The van der Waals surface area contributed by atoms with E-state index in [1.165, 1.54) is 77.0 Å². The van der Waals surface area contributed by atoms with Crippen molar-refractivity contribution in [1.29, 1.82) is 0 Å². The number of hydrogen-bond donors (Lipinski definition) is 1. The lowest BCUT2D eigenvalue weighted by Crippen LogP contribution is -2.31. The van der Waals surface area contributed by atoms with E-state index in [1.54, 1.807) is 7.11 Å². The predicted octanol–water partition coefficient (Wildman–Crippen LogP) is 6.83. The summed E-state index contributed by atoms with van der Waals surface area (Å²) in [5.74, 6) is 0.227. The number of hydrogen-bond acceptors (Lipinski definition) is 2. The Bertz CT molecular complexity index is 321. The van der Waals surface area contributed by atoms with Gasteiger partial charge in [0.1, 0.15) is 0 Å². The molecule has 0 aliphatic carbocycles. The molecule has 0 rings (SSSR count). The second-order valence-corrected chi connectivity index (χ2v) is 12.8. The summed E-state index contributed by atoms with van der Waals surface area (Å²) < 4.78 is 5.52. The Balaban J connectivity index is 3.23. The van der Waals surface area contributed by atoms with E-state index in [0.717, 1.165) is 25.4 Å². The Morgan fingerprint density at radius 1 is 0.769 bits per heavy atom. The number of amides is 1. The van der Waals surface area contributed by atoms with Crippen molar-refractivity contribution >= 4 is 14.2 Å². The third-order valence-corrected chi connectivity index (χ3v) is 8.00. The lowest BCUT2D eigenvalue weighted by atomic mass is 10.0. The zero-order valence-electron chi connectivity index (χ0n) is 18.3. The minimum atomic E-state index is -1.46. The number of unbranched alkanes of at least 4 members (excludes halogenated alkanes) is 12. The number of carbonyl (C=O) groups is 1. The monoisotopic (exact) mass is 385 g/mol. The van der Waals surface area contributed by atoms with Crippen LogP contribution in [0.2, 0.25) is 19.1 Å². The summed E-state index contributed by atoms with van der Waals surface area (Å²) in [4.78, 5) is 11.8. The fourth-order valence-electron chi connectivity index (χ4n) is 3.24. The summed E-state index contributed by atoms with van der Waals surface area (Å²) in [6.07, 6.45) is 19.3. The van der Waals surface area contributed by atoms with Crippen molar-refractivity contribution in [3.8, 4) is 0 Å². The summed E-state index contributed by atoms with van der Waals surface area (Å²) in [5, 5.41) is 3.05. The van der Waals surface area contributed by atoms with E-state index < -0.39 is 8.32 Å². The summed E-state index contributed by atoms with van der Waals surface area (Å²) in [7, 11) is 0.344. The molecule has 0 aromatic rings. The van der Waals surface area contributed by atoms with Crippen LogP contribution >= 0.6 is 0 Å². The van der Waals surface area contributed by atoms with Crippen molar-refractivity contribution in [2.45, 2.75) is 122 Å². The molecular weight excluding hydrogens is 338 g/mol. The molecule has 0 saturated heterocycles. The van der Waals surface area contributed by atoms with Crippen LogP contribution in [0, 0.1) is 0 Å². The first-order chi connectivity index (χ1) is 12.5. The van der Waals surface area contributed by atoms with Gasteiger partial charge in [-0.15, -0.1) is 0 Å². The fourth-order valence-corrected chi connectivity index (χ4v) is 4.47. The maximum Gasteiger partial charge on any atom is 0.219 e. The SMILES string of the molecule is CCCCCCCCCCCCCCCC(=O)NCCC[Si](C)(C)OC. The first-order valence-electron chi connectivity index (χ1n) is 11.3. The maximum absolute atomic E-state index is 11.8. The van der Waals surface area contributed by atoms with E-state index >= 15 is 0 Å². The summed E-state index contributed by atoms with van der Waals surface area (Å²) >= 11 is 0. The van der Waals surface area contributed by atoms with E-state index in [4.69, 9.17) is 4.43 Å². The minimum absolute atomic E-state index is 0.227. The Morgan fingerprint density at radius 2 is 1.23 bits per heavy atom. The Labute approximate surface area is 165 Å². The van der Waals surface area contributed by atoms with Crippen LogP contribution in [0.5, 0.6) is 0 Å². The molecule has 0 bridgehead atoms. The maximum atomic E-state index is 11.8. The van der Waals surface area contributed by atoms with Crippen molar-refractivity contribution in [2.75, 3.05) is 13.7 Å². The van der Waals surface area contributed by atoms with Crippen LogP contribution in [0.15, 0.2) is 0 Å². The van der Waals surface area contributed by atoms with Crippen molar-refractivity contribution < 1.29 is 9.22 Å². The summed E-state index contributed by atoms with van der Waals surface area (Å²) in [5.41, 5.74) is 0. The van der Waals surface area contributed by atoms with Gasteiger partial charge >= 0.3 is 0 Å². The van der Waals surface area contributed by atoms with Crippen LogP contribution in [0.4, 0.5) is 0 Å². The average molecular weight is 386 g/mol. The molecule has 0 unspecified atom stereocenters. The van der Waals surface area contributed by atoms with Gasteiger partial charge in [0.25, 0.3) is 0 Å². The highest BCUT2D eigenvalue weighted by atomic mass is 28.4. The number of carbonyl (C=O) groups excluding carboxylic acids is 1. The van der Waals surface area contributed by atoms with Crippen LogP contribution < -0.4 is 5.32 Å². The van der Waals surface area contributed by atoms with Gasteiger partial charge in [-0.05, 0) is 32.0 Å². The smallest absolute Gasteiger partial charge is 0.219 e. The standard InChI is InChI=1S/C22H47NO2Si/c1-5-6-7-8-9-10-11-12-13-14-15-16-17-19-22(24)23-20-18-21-26(3,4)25-2/h5-21H2,1-4H3,(H,23,24). The van der Waals surface area contributed by atoms with Crippen LogP contribution in [0.1, 0.15) is 103 Å². The van der Waals surface area contributed by atoms with Crippen molar-refractivity contribution in [3.63, 3.8) is 0 Å². The van der Waals surface area contributed by atoms with Gasteiger partial charge in [0.15, 0.2) is 8.32 Å². The van der Waals surface area contributed by atoms with Crippen LogP contribution in [-0.2, 0) is 9.22 Å². The molecule has 4 heteroatoms. The van der Waals surface area contributed by atoms with Crippen LogP contribution in [0.3, 0.4) is 0 Å². The summed E-state index contributed by atoms with van der Waals surface area (Å²) in [6.45, 7) is 7.53.